The van der Waals surface area contributed by atoms with Crippen LogP contribution in [0.15, 0.2) is 18.2 Å². The van der Waals surface area contributed by atoms with Crippen LogP contribution in [-0.4, -0.2) is 30.4 Å². The summed E-state index contributed by atoms with van der Waals surface area (Å²) in [5, 5.41) is 12.8. The quantitative estimate of drug-likeness (QED) is 0.782. The molecular weight excluding hydrogens is 226 g/mol. The minimum absolute atomic E-state index is 0.0674. The van der Waals surface area contributed by atoms with Crippen molar-refractivity contribution >= 4 is 0 Å². The maximum Gasteiger partial charge on any atom is 0.122 e. The number of aliphatic hydroxyl groups excluding tert-OH is 1. The maximum absolute atomic E-state index is 9.46. The van der Waals surface area contributed by atoms with Crippen LogP contribution >= 0.6 is 0 Å². The molecule has 3 nitrogen and oxygen atoms in total. The number of hydrogen-bond acceptors (Lipinski definition) is 3. The van der Waals surface area contributed by atoms with Gasteiger partial charge in [0.05, 0.1) is 12.1 Å². The van der Waals surface area contributed by atoms with E-state index in [-0.39, 0.29) is 12.1 Å². The average Bonchev–Trinajstić information content (AvgIpc) is 2.35. The van der Waals surface area contributed by atoms with Crippen molar-refractivity contribution in [3.63, 3.8) is 0 Å². The molecule has 0 saturated heterocycles. The number of benzene rings is 1. The molecule has 0 fully saturated rings. The Balaban J connectivity index is 2.61. The van der Waals surface area contributed by atoms with E-state index in [1.807, 2.05) is 26.0 Å². The van der Waals surface area contributed by atoms with Crippen LogP contribution in [0.1, 0.15) is 31.4 Å². The minimum atomic E-state index is -0.382. The fraction of sp³-hybridized carbons (Fsp3) is 0.600. The summed E-state index contributed by atoms with van der Waals surface area (Å²) >= 11 is 0. The maximum atomic E-state index is 9.46. The fourth-order valence-corrected chi connectivity index (χ4v) is 1.78. The molecule has 0 spiro atoms. The lowest BCUT2D eigenvalue weighted by Crippen LogP contribution is -2.50. The molecule has 3 heteroatoms. The van der Waals surface area contributed by atoms with Crippen molar-refractivity contribution in [1.82, 2.24) is 5.32 Å². The van der Waals surface area contributed by atoms with Crippen molar-refractivity contribution < 1.29 is 9.84 Å². The van der Waals surface area contributed by atoms with E-state index in [9.17, 15) is 5.11 Å². The van der Waals surface area contributed by atoms with Gasteiger partial charge in [-0.1, -0.05) is 24.6 Å². The molecule has 1 unspecified atom stereocenters. The van der Waals surface area contributed by atoms with Crippen LogP contribution in [0.25, 0.3) is 0 Å². The second-order valence-electron chi connectivity index (χ2n) is 5.20. The lowest BCUT2D eigenvalue weighted by molar-refractivity contribution is 0.115. The van der Waals surface area contributed by atoms with Crippen LogP contribution < -0.4 is 10.1 Å². The number of nitrogens with one attached hydrogen (secondary N) is 1. The van der Waals surface area contributed by atoms with Crippen molar-refractivity contribution in [2.45, 2.75) is 39.7 Å². The van der Waals surface area contributed by atoms with Gasteiger partial charge in [0.25, 0.3) is 0 Å². The van der Waals surface area contributed by atoms with Crippen molar-refractivity contribution in [3.05, 3.63) is 29.3 Å². The zero-order chi connectivity index (χ0) is 13.6. The van der Waals surface area contributed by atoms with Gasteiger partial charge in [0.1, 0.15) is 12.4 Å². The third kappa shape index (κ3) is 4.31. The van der Waals surface area contributed by atoms with Crippen molar-refractivity contribution in [3.8, 4) is 5.75 Å². The Morgan fingerprint density at radius 3 is 2.61 bits per heavy atom. The molecule has 0 bridgehead atoms. The van der Waals surface area contributed by atoms with Gasteiger partial charge in [-0.05, 0) is 45.4 Å². The van der Waals surface area contributed by atoms with Gasteiger partial charge in [-0.2, -0.15) is 0 Å². The van der Waals surface area contributed by atoms with E-state index < -0.39 is 0 Å². The molecule has 1 aromatic carbocycles. The molecule has 0 aliphatic carbocycles. The molecule has 1 rings (SSSR count). The second kappa shape index (κ2) is 6.76. The van der Waals surface area contributed by atoms with Crippen LogP contribution in [-0.2, 0) is 0 Å². The third-order valence-corrected chi connectivity index (χ3v) is 3.03. The van der Waals surface area contributed by atoms with Gasteiger partial charge in [-0.3, -0.25) is 0 Å². The SMILES string of the molecule is CCCNC(C)(CO)COc1ccc(C)cc1C. The first kappa shape index (κ1) is 15.0. The summed E-state index contributed by atoms with van der Waals surface area (Å²) in [5.74, 6) is 0.888. The van der Waals surface area contributed by atoms with Gasteiger partial charge >= 0.3 is 0 Å². The summed E-state index contributed by atoms with van der Waals surface area (Å²) in [6, 6.07) is 6.13. The van der Waals surface area contributed by atoms with Gasteiger partial charge in [-0.15, -0.1) is 0 Å². The smallest absolute Gasteiger partial charge is 0.122 e. The van der Waals surface area contributed by atoms with E-state index >= 15 is 0 Å². The number of hydrogen-bond donors (Lipinski definition) is 2. The standard InChI is InChI=1S/C15H25NO2/c1-5-8-16-15(4,10-17)11-18-14-7-6-12(2)9-13(14)3/h6-7,9,16-17H,5,8,10-11H2,1-4H3. The Kier molecular flexibility index (Phi) is 5.63. The van der Waals surface area contributed by atoms with E-state index in [0.29, 0.717) is 6.61 Å². The largest absolute Gasteiger partial charge is 0.491 e. The molecule has 0 aliphatic rings. The van der Waals surface area contributed by atoms with Crippen LogP contribution in [0.4, 0.5) is 0 Å². The topological polar surface area (TPSA) is 41.5 Å². The predicted molar refractivity (Wildman–Crippen MR) is 75.2 cm³/mol. The number of aryl methyl sites for hydroxylation is 2. The first-order chi connectivity index (χ1) is 8.50. The summed E-state index contributed by atoms with van der Waals surface area (Å²) in [7, 11) is 0. The highest BCUT2D eigenvalue weighted by molar-refractivity contribution is 5.35. The first-order valence-corrected chi connectivity index (χ1v) is 6.56. The predicted octanol–water partition coefficient (Wildman–Crippen LogP) is 2.43. The third-order valence-electron chi connectivity index (χ3n) is 3.03. The molecule has 2 N–H and O–H groups in total. The zero-order valence-electron chi connectivity index (χ0n) is 11.9. The van der Waals surface area contributed by atoms with Crippen molar-refractivity contribution in [1.29, 1.82) is 0 Å². The monoisotopic (exact) mass is 251 g/mol. The van der Waals surface area contributed by atoms with E-state index in [1.165, 1.54) is 5.56 Å². The second-order valence-corrected chi connectivity index (χ2v) is 5.20. The van der Waals surface area contributed by atoms with Crippen molar-refractivity contribution in [2.75, 3.05) is 19.8 Å². The highest BCUT2D eigenvalue weighted by Gasteiger charge is 2.23. The molecule has 18 heavy (non-hydrogen) atoms. The number of aliphatic hydroxyl groups is 1. The summed E-state index contributed by atoms with van der Waals surface area (Å²) in [5.41, 5.74) is 1.98. The van der Waals surface area contributed by atoms with E-state index in [0.717, 1.165) is 24.3 Å². The highest BCUT2D eigenvalue weighted by Crippen LogP contribution is 2.20. The van der Waals surface area contributed by atoms with Crippen LogP contribution in [0.5, 0.6) is 5.75 Å². The summed E-state index contributed by atoms with van der Waals surface area (Å²) in [4.78, 5) is 0. The molecule has 0 amide bonds. The molecule has 0 aromatic heterocycles. The Morgan fingerprint density at radius 2 is 2.06 bits per heavy atom. The van der Waals surface area contributed by atoms with Gasteiger partial charge in [0, 0.05) is 0 Å². The van der Waals surface area contributed by atoms with Crippen molar-refractivity contribution in [2.24, 2.45) is 0 Å². The Labute approximate surface area is 110 Å². The van der Waals surface area contributed by atoms with E-state index in [1.54, 1.807) is 0 Å². The minimum Gasteiger partial charge on any atom is -0.491 e. The lowest BCUT2D eigenvalue weighted by Gasteiger charge is -2.29. The molecule has 1 atom stereocenters. The lowest BCUT2D eigenvalue weighted by atomic mass is 10.1. The molecule has 0 aliphatic heterocycles. The summed E-state index contributed by atoms with van der Waals surface area (Å²) in [6.07, 6.45) is 1.04. The molecule has 102 valence electrons. The van der Waals surface area contributed by atoms with Gasteiger partial charge in [0.15, 0.2) is 0 Å². The summed E-state index contributed by atoms with van der Waals surface area (Å²) < 4.78 is 5.82. The molecule has 1 aromatic rings. The Bertz CT molecular complexity index is 379. The first-order valence-electron chi connectivity index (χ1n) is 6.56. The van der Waals surface area contributed by atoms with Gasteiger partial charge < -0.3 is 15.2 Å². The normalized spacial score (nSPS) is 14.3. The van der Waals surface area contributed by atoms with Gasteiger partial charge in [0.2, 0.25) is 0 Å². The molecular formula is C15H25NO2. The molecule has 0 radical (unpaired) electrons. The number of rotatable bonds is 7. The van der Waals surface area contributed by atoms with E-state index in [2.05, 4.69) is 25.2 Å². The molecule has 0 saturated carbocycles. The van der Waals surface area contributed by atoms with Crippen LogP contribution in [0.3, 0.4) is 0 Å². The summed E-state index contributed by atoms with van der Waals surface area (Å²) in [6.45, 7) is 9.61. The Morgan fingerprint density at radius 1 is 1.33 bits per heavy atom. The fourth-order valence-electron chi connectivity index (χ4n) is 1.78. The van der Waals surface area contributed by atoms with Gasteiger partial charge in [-0.25, -0.2) is 0 Å². The average molecular weight is 251 g/mol. The Hall–Kier alpha value is -1.06. The zero-order valence-corrected chi connectivity index (χ0v) is 11.9. The van der Waals surface area contributed by atoms with Crippen LogP contribution in [0, 0.1) is 13.8 Å². The highest BCUT2D eigenvalue weighted by atomic mass is 16.5. The van der Waals surface area contributed by atoms with Crippen LogP contribution in [0.2, 0.25) is 0 Å². The number of ether oxygens (including phenoxy) is 1. The molecule has 0 heterocycles. The van der Waals surface area contributed by atoms with E-state index in [4.69, 9.17) is 4.74 Å².